The number of rotatable bonds is 6. The Morgan fingerprint density at radius 3 is 2.33 bits per heavy atom. The fraction of sp³-hybridized carbons (Fsp3) is 0.429. The van der Waals surface area contributed by atoms with Crippen LogP contribution >= 0.6 is 0 Å². The number of hydrogen-bond acceptors (Lipinski definition) is 4. The predicted octanol–water partition coefficient (Wildman–Crippen LogP) is 1.95. The Bertz CT molecular complexity index is 590. The summed E-state index contributed by atoms with van der Waals surface area (Å²) >= 11 is 0. The third-order valence-corrected chi connectivity index (χ3v) is 4.19. The zero-order chi connectivity index (χ0) is 16.1. The van der Waals surface area contributed by atoms with Gasteiger partial charge in [-0.15, -0.1) is 0 Å². The molecular formula is C14H21FN2O3S. The normalized spacial score (nSPS) is 13.3. The minimum absolute atomic E-state index is 0.0271. The molecule has 0 unspecified atom stereocenters. The lowest BCUT2D eigenvalue weighted by Crippen LogP contribution is -2.40. The van der Waals surface area contributed by atoms with Gasteiger partial charge in [-0.1, -0.05) is 0 Å². The molecule has 7 heteroatoms. The maximum Gasteiger partial charge on any atom is 0.241 e. The molecule has 0 atom stereocenters. The lowest BCUT2D eigenvalue weighted by Gasteiger charge is -2.20. The summed E-state index contributed by atoms with van der Waals surface area (Å²) in [6.07, 6.45) is 0.409. The van der Waals surface area contributed by atoms with Gasteiger partial charge in [-0.05, 0) is 45.0 Å². The van der Waals surface area contributed by atoms with Crippen LogP contribution in [0.15, 0.2) is 41.1 Å². The van der Waals surface area contributed by atoms with E-state index < -0.39 is 15.6 Å². The van der Waals surface area contributed by atoms with Gasteiger partial charge in [-0.25, -0.2) is 17.5 Å². The van der Waals surface area contributed by atoms with Crippen LogP contribution in [0.4, 0.5) is 4.39 Å². The molecule has 21 heavy (non-hydrogen) atoms. The number of nitrogens with one attached hydrogen (secondary N) is 1. The van der Waals surface area contributed by atoms with E-state index in [1.807, 2.05) is 0 Å². The fourth-order valence-electron chi connectivity index (χ4n) is 1.49. The van der Waals surface area contributed by atoms with Crippen molar-refractivity contribution >= 4 is 10.0 Å². The number of hydrogen-bond donors (Lipinski definition) is 2. The van der Waals surface area contributed by atoms with Gasteiger partial charge in [0.25, 0.3) is 0 Å². The highest BCUT2D eigenvalue weighted by atomic mass is 32.2. The van der Waals surface area contributed by atoms with Crippen molar-refractivity contribution in [1.29, 1.82) is 0 Å². The summed E-state index contributed by atoms with van der Waals surface area (Å²) in [4.78, 5) is 0.143. The minimum atomic E-state index is -3.57. The van der Waals surface area contributed by atoms with Crippen LogP contribution in [0, 0.1) is 0 Å². The molecule has 5 nitrogen and oxygen atoms in total. The van der Waals surface area contributed by atoms with E-state index in [2.05, 4.69) is 4.72 Å². The average molecular weight is 316 g/mol. The smallest absolute Gasteiger partial charge is 0.241 e. The Morgan fingerprint density at radius 2 is 1.90 bits per heavy atom. The Balaban J connectivity index is 2.79. The van der Waals surface area contributed by atoms with Crippen molar-refractivity contribution in [2.75, 3.05) is 13.2 Å². The average Bonchev–Trinajstić information content (AvgIpc) is 2.38. The van der Waals surface area contributed by atoms with Gasteiger partial charge in [0.15, 0.2) is 0 Å². The summed E-state index contributed by atoms with van der Waals surface area (Å²) in [5.74, 6) is 0.442. The molecule has 1 aromatic rings. The van der Waals surface area contributed by atoms with Crippen molar-refractivity contribution in [3.63, 3.8) is 0 Å². The summed E-state index contributed by atoms with van der Waals surface area (Å²) in [5.41, 5.74) is 5.07. The number of nitrogens with two attached hydrogens (primary N) is 1. The Labute approximate surface area is 125 Å². The maximum absolute atomic E-state index is 12.3. The molecule has 0 saturated heterocycles. The van der Waals surface area contributed by atoms with Crippen LogP contribution < -0.4 is 15.2 Å². The molecule has 0 heterocycles. The molecule has 0 bridgehead atoms. The molecule has 0 aromatic heterocycles. The summed E-state index contributed by atoms with van der Waals surface area (Å²) < 4.78 is 44.4. The van der Waals surface area contributed by atoms with Crippen molar-refractivity contribution < 1.29 is 17.5 Å². The monoisotopic (exact) mass is 316 g/mol. The Morgan fingerprint density at radius 1 is 1.33 bits per heavy atom. The predicted molar refractivity (Wildman–Crippen MR) is 80.3 cm³/mol. The summed E-state index contributed by atoms with van der Waals surface area (Å²) in [7, 11) is -3.57. The van der Waals surface area contributed by atoms with E-state index >= 15 is 0 Å². The van der Waals surface area contributed by atoms with Crippen LogP contribution in [-0.4, -0.2) is 27.1 Å². The lowest BCUT2D eigenvalue weighted by molar-refractivity contribution is 0.347. The molecule has 0 amide bonds. The number of benzene rings is 1. The third kappa shape index (κ3) is 5.82. The van der Waals surface area contributed by atoms with Crippen molar-refractivity contribution in [3.8, 4) is 5.75 Å². The van der Waals surface area contributed by atoms with Crippen molar-refractivity contribution in [3.05, 3.63) is 36.2 Å². The van der Waals surface area contributed by atoms with Crippen molar-refractivity contribution in [1.82, 2.24) is 4.72 Å². The van der Waals surface area contributed by atoms with Crippen molar-refractivity contribution in [2.45, 2.75) is 31.2 Å². The third-order valence-electron chi connectivity index (χ3n) is 2.42. The van der Waals surface area contributed by atoms with Crippen LogP contribution in [0.1, 0.15) is 20.8 Å². The number of halogens is 1. The lowest BCUT2D eigenvalue weighted by atomic mass is 10.1. The van der Waals surface area contributed by atoms with Crippen LogP contribution in [-0.2, 0) is 10.0 Å². The minimum Gasteiger partial charge on any atom is -0.489 e. The molecule has 1 aromatic carbocycles. The van der Waals surface area contributed by atoms with Crippen molar-refractivity contribution in [2.24, 2.45) is 5.73 Å². The van der Waals surface area contributed by atoms with Gasteiger partial charge in [0, 0.05) is 17.7 Å². The summed E-state index contributed by atoms with van der Waals surface area (Å²) in [6.45, 7) is 5.39. The van der Waals surface area contributed by atoms with Gasteiger partial charge in [-0.2, -0.15) is 0 Å². The first kappa shape index (κ1) is 17.6. The van der Waals surface area contributed by atoms with Gasteiger partial charge in [-0.3, -0.25) is 0 Å². The number of sulfonamides is 1. The van der Waals surface area contributed by atoms with Gasteiger partial charge in [0.05, 0.1) is 11.2 Å². The van der Waals surface area contributed by atoms with Gasteiger partial charge in [0.2, 0.25) is 10.0 Å². The second-order valence-corrected chi connectivity index (χ2v) is 7.27. The van der Waals surface area contributed by atoms with E-state index in [1.54, 1.807) is 20.8 Å². The molecule has 3 N–H and O–H groups in total. The molecule has 1 rings (SSSR count). The van der Waals surface area contributed by atoms with E-state index in [4.69, 9.17) is 10.5 Å². The van der Waals surface area contributed by atoms with E-state index in [9.17, 15) is 12.8 Å². The van der Waals surface area contributed by atoms with E-state index in [-0.39, 0.29) is 18.0 Å². The largest absolute Gasteiger partial charge is 0.489 e. The fourth-order valence-corrected chi connectivity index (χ4v) is 2.91. The van der Waals surface area contributed by atoms with E-state index in [0.29, 0.717) is 17.7 Å². The molecule has 0 spiro atoms. The first-order valence-corrected chi connectivity index (χ1v) is 7.91. The van der Waals surface area contributed by atoms with Crippen LogP contribution in [0.2, 0.25) is 0 Å². The first-order valence-electron chi connectivity index (χ1n) is 6.43. The molecule has 0 aliphatic rings. The molecule has 0 aliphatic heterocycles. The maximum atomic E-state index is 12.3. The van der Waals surface area contributed by atoms with Crippen LogP contribution in [0.25, 0.3) is 0 Å². The zero-order valence-corrected chi connectivity index (χ0v) is 13.2. The van der Waals surface area contributed by atoms with E-state index in [0.717, 1.165) is 0 Å². The molecule has 0 radical (unpaired) electrons. The Hall–Kier alpha value is -1.44. The topological polar surface area (TPSA) is 81.4 Å². The molecule has 0 fully saturated rings. The standard InChI is InChI=1S/C14H21FN2O3S/c1-14(2,3)17-21(18,19)13-6-4-12(5-7-13)20-10-11(8-15)9-16/h4-8,17H,9-10,16H2,1-3H3. The second-order valence-electron chi connectivity index (χ2n) is 5.59. The molecule has 0 aliphatic carbocycles. The highest BCUT2D eigenvalue weighted by Gasteiger charge is 2.21. The molecular weight excluding hydrogens is 295 g/mol. The first-order chi connectivity index (χ1) is 9.68. The molecule has 118 valence electrons. The van der Waals surface area contributed by atoms with E-state index in [1.165, 1.54) is 24.3 Å². The molecule has 0 saturated carbocycles. The van der Waals surface area contributed by atoms with Crippen LogP contribution in [0.5, 0.6) is 5.75 Å². The second kappa shape index (κ2) is 7.02. The van der Waals surface area contributed by atoms with Gasteiger partial charge < -0.3 is 10.5 Å². The van der Waals surface area contributed by atoms with Gasteiger partial charge in [0.1, 0.15) is 12.4 Å². The van der Waals surface area contributed by atoms with Crippen LogP contribution in [0.3, 0.4) is 0 Å². The highest BCUT2D eigenvalue weighted by molar-refractivity contribution is 7.89. The summed E-state index contributed by atoms with van der Waals surface area (Å²) in [5, 5.41) is 0. The zero-order valence-electron chi connectivity index (χ0n) is 12.4. The van der Waals surface area contributed by atoms with Gasteiger partial charge >= 0.3 is 0 Å². The Kier molecular flexibility index (Phi) is 5.88. The quantitative estimate of drug-likeness (QED) is 0.840. The SMILES string of the molecule is CC(C)(C)NS(=O)(=O)c1ccc(OCC(=CF)CN)cc1. The highest BCUT2D eigenvalue weighted by Crippen LogP contribution is 2.18. The number of ether oxygens (including phenoxy) is 1. The summed E-state index contributed by atoms with van der Waals surface area (Å²) in [6, 6.07) is 5.91.